The predicted molar refractivity (Wildman–Crippen MR) is 154 cm³/mol. The lowest BCUT2D eigenvalue weighted by Gasteiger charge is -2.34. The molecule has 200 valence electrons. The summed E-state index contributed by atoms with van der Waals surface area (Å²) in [6.07, 6.45) is 5.25. The second-order valence-electron chi connectivity index (χ2n) is 12.0. The molecule has 1 N–H and O–H groups in total. The van der Waals surface area contributed by atoms with E-state index >= 15 is 0 Å². The third kappa shape index (κ3) is 6.05. The third-order valence-corrected chi connectivity index (χ3v) is 7.82. The van der Waals surface area contributed by atoms with E-state index in [1.54, 1.807) is 6.33 Å². The number of carbonyl (C=O) groups is 1. The molecule has 1 aromatic heterocycles. The van der Waals surface area contributed by atoms with Gasteiger partial charge in [-0.15, -0.1) is 0 Å². The van der Waals surface area contributed by atoms with Crippen molar-refractivity contribution in [2.24, 2.45) is 0 Å². The Morgan fingerprint density at radius 3 is 2.47 bits per heavy atom. The van der Waals surface area contributed by atoms with Crippen LogP contribution in [0.3, 0.4) is 0 Å². The Balaban J connectivity index is 1.36. The van der Waals surface area contributed by atoms with E-state index in [0.29, 0.717) is 11.5 Å². The van der Waals surface area contributed by atoms with Gasteiger partial charge in [0.25, 0.3) is 5.91 Å². The zero-order valence-corrected chi connectivity index (χ0v) is 23.4. The molecule has 0 radical (unpaired) electrons. The maximum atomic E-state index is 13.5. The van der Waals surface area contributed by atoms with Crippen molar-refractivity contribution >= 4 is 17.3 Å². The second-order valence-corrected chi connectivity index (χ2v) is 12.0. The van der Waals surface area contributed by atoms with E-state index in [4.69, 9.17) is 0 Å². The van der Waals surface area contributed by atoms with Gasteiger partial charge >= 0.3 is 0 Å². The number of hydrogen-bond acceptors (Lipinski definition) is 6. The fraction of sp³-hybridized carbons (Fsp3) is 0.452. The molecule has 1 atom stereocenters. The van der Waals surface area contributed by atoms with Crippen LogP contribution in [0.15, 0.2) is 55.1 Å². The smallest absolute Gasteiger partial charge is 0.255 e. The molecule has 0 saturated carbocycles. The van der Waals surface area contributed by atoms with Gasteiger partial charge in [-0.1, -0.05) is 39.8 Å². The third-order valence-electron chi connectivity index (χ3n) is 7.82. The molecular formula is C31H40N6O. The fourth-order valence-electron chi connectivity index (χ4n) is 5.47. The first kappa shape index (κ1) is 26.3. The van der Waals surface area contributed by atoms with Gasteiger partial charge < -0.3 is 15.1 Å². The van der Waals surface area contributed by atoms with Crippen LogP contribution in [-0.4, -0.2) is 65.4 Å². The topological polar surface area (TPSA) is 64.6 Å². The molecule has 7 nitrogen and oxygen atoms in total. The molecule has 2 aliphatic rings. The van der Waals surface area contributed by atoms with E-state index in [2.05, 4.69) is 95.1 Å². The minimum Gasteiger partial charge on any atom is -0.364 e. The molecule has 1 fully saturated rings. The first-order valence-corrected chi connectivity index (χ1v) is 13.7. The number of amides is 1. The maximum absolute atomic E-state index is 13.5. The second kappa shape index (κ2) is 10.8. The zero-order valence-electron chi connectivity index (χ0n) is 23.4. The van der Waals surface area contributed by atoms with Gasteiger partial charge in [-0.3, -0.25) is 9.69 Å². The predicted octanol–water partition coefficient (Wildman–Crippen LogP) is 4.90. The molecule has 0 aliphatic carbocycles. The molecule has 1 amide bonds. The minimum absolute atomic E-state index is 0.00975. The number of rotatable bonds is 5. The number of piperazine rings is 1. The van der Waals surface area contributed by atoms with Crippen molar-refractivity contribution in [2.45, 2.75) is 52.1 Å². The normalized spacial score (nSPS) is 18.8. The van der Waals surface area contributed by atoms with E-state index < -0.39 is 0 Å². The maximum Gasteiger partial charge on any atom is 0.255 e. The van der Waals surface area contributed by atoms with Crippen molar-refractivity contribution < 1.29 is 4.79 Å². The van der Waals surface area contributed by atoms with Crippen LogP contribution < -0.4 is 10.2 Å². The van der Waals surface area contributed by atoms with Crippen molar-refractivity contribution in [3.05, 3.63) is 82.9 Å². The first-order valence-electron chi connectivity index (χ1n) is 13.7. The van der Waals surface area contributed by atoms with E-state index in [-0.39, 0.29) is 11.3 Å². The number of hydrogen-bond donors (Lipinski definition) is 1. The van der Waals surface area contributed by atoms with Crippen LogP contribution >= 0.6 is 0 Å². The number of anilines is 2. The highest BCUT2D eigenvalue weighted by Crippen LogP contribution is 2.32. The van der Waals surface area contributed by atoms with Crippen molar-refractivity contribution in [3.63, 3.8) is 0 Å². The Hall–Kier alpha value is -3.29. The Bertz CT molecular complexity index is 1280. The SMILES string of the molecule is CC1CN(c2cncnc2)Cc2cc(C(=O)Nc3cc(CN4CCN(C)CC4)cc(C(C)(C)C)c3)ccc21. The summed E-state index contributed by atoms with van der Waals surface area (Å²) < 4.78 is 0. The van der Waals surface area contributed by atoms with Crippen LogP contribution in [0.1, 0.15) is 66.2 Å². The lowest BCUT2D eigenvalue weighted by atomic mass is 9.85. The Morgan fingerprint density at radius 2 is 1.76 bits per heavy atom. The van der Waals surface area contributed by atoms with Gasteiger partial charge in [0.2, 0.25) is 0 Å². The van der Waals surface area contributed by atoms with Crippen molar-refractivity contribution in [3.8, 4) is 0 Å². The minimum atomic E-state index is -0.0720. The molecule has 2 aromatic carbocycles. The molecule has 5 rings (SSSR count). The molecule has 3 aromatic rings. The Kier molecular flexibility index (Phi) is 7.50. The van der Waals surface area contributed by atoms with Crippen molar-refractivity contribution in [2.75, 3.05) is 50.0 Å². The average molecular weight is 513 g/mol. The largest absolute Gasteiger partial charge is 0.364 e. The Morgan fingerprint density at radius 1 is 1.03 bits per heavy atom. The summed E-state index contributed by atoms with van der Waals surface area (Å²) in [7, 11) is 2.18. The van der Waals surface area contributed by atoms with Gasteiger partial charge in [-0.25, -0.2) is 9.97 Å². The molecular weight excluding hydrogens is 472 g/mol. The number of carbonyl (C=O) groups excluding carboxylic acids is 1. The van der Waals surface area contributed by atoms with Crippen molar-refractivity contribution in [1.82, 2.24) is 19.8 Å². The number of nitrogens with one attached hydrogen (secondary N) is 1. The highest BCUT2D eigenvalue weighted by atomic mass is 16.1. The van der Waals surface area contributed by atoms with Gasteiger partial charge in [-0.05, 0) is 64.9 Å². The number of fused-ring (bicyclic) bond motifs is 1. The van der Waals surface area contributed by atoms with Crippen LogP contribution in [0, 0.1) is 0 Å². The number of likely N-dealkylation sites (N-methyl/N-ethyl adjacent to an activating group) is 1. The van der Waals surface area contributed by atoms with Crippen molar-refractivity contribution in [1.29, 1.82) is 0 Å². The lowest BCUT2D eigenvalue weighted by molar-refractivity contribution is 0.102. The zero-order chi connectivity index (χ0) is 26.9. The van der Waals surface area contributed by atoms with Gasteiger partial charge in [0, 0.05) is 57.1 Å². The first-order chi connectivity index (χ1) is 18.2. The molecule has 38 heavy (non-hydrogen) atoms. The lowest BCUT2D eigenvalue weighted by Crippen LogP contribution is -2.43. The van der Waals surface area contributed by atoms with Crippen LogP contribution in [-0.2, 0) is 18.5 Å². The molecule has 1 unspecified atom stereocenters. The van der Waals surface area contributed by atoms with E-state index in [1.807, 2.05) is 18.5 Å². The molecule has 0 bridgehead atoms. The van der Waals surface area contributed by atoms with Gasteiger partial charge in [0.05, 0.1) is 18.1 Å². The quantitative estimate of drug-likeness (QED) is 0.525. The Labute approximate surface area is 226 Å². The summed E-state index contributed by atoms with van der Waals surface area (Å²) in [5.41, 5.74) is 7.51. The molecule has 1 saturated heterocycles. The molecule has 0 spiro atoms. The van der Waals surface area contributed by atoms with E-state index in [1.165, 1.54) is 22.3 Å². The summed E-state index contributed by atoms with van der Waals surface area (Å²) in [5, 5.41) is 3.22. The summed E-state index contributed by atoms with van der Waals surface area (Å²) in [6, 6.07) is 12.7. The van der Waals surface area contributed by atoms with Crippen LogP contribution in [0.5, 0.6) is 0 Å². The van der Waals surface area contributed by atoms with Crippen LogP contribution in [0.4, 0.5) is 11.4 Å². The highest BCUT2D eigenvalue weighted by molar-refractivity contribution is 6.04. The molecule has 7 heteroatoms. The standard InChI is InChI=1S/C31H40N6O/c1-22-18-37(28-16-32-21-33-17-28)20-25-14-24(6-7-29(22)25)30(38)34-27-13-23(12-26(15-27)31(2,3)4)19-36-10-8-35(5)9-11-36/h6-7,12-17,21-22H,8-11,18-20H2,1-5H3,(H,34,38). The average Bonchev–Trinajstić information content (AvgIpc) is 2.89. The summed E-state index contributed by atoms with van der Waals surface area (Å²) in [4.78, 5) is 29.0. The van der Waals surface area contributed by atoms with Gasteiger partial charge in [-0.2, -0.15) is 0 Å². The highest BCUT2D eigenvalue weighted by Gasteiger charge is 2.24. The number of nitrogens with zero attached hydrogens (tertiary/aromatic N) is 5. The summed E-state index contributed by atoms with van der Waals surface area (Å²) >= 11 is 0. The van der Waals surface area contributed by atoms with Crippen LogP contribution in [0.2, 0.25) is 0 Å². The number of benzene rings is 2. The monoisotopic (exact) mass is 512 g/mol. The van der Waals surface area contributed by atoms with E-state index in [9.17, 15) is 4.79 Å². The van der Waals surface area contributed by atoms with Gasteiger partial charge in [0.1, 0.15) is 6.33 Å². The molecule has 2 aliphatic heterocycles. The fourth-order valence-corrected chi connectivity index (χ4v) is 5.47. The number of aromatic nitrogens is 2. The summed E-state index contributed by atoms with van der Waals surface area (Å²) in [5.74, 6) is 0.286. The summed E-state index contributed by atoms with van der Waals surface area (Å²) in [6.45, 7) is 15.8. The molecule has 3 heterocycles. The van der Waals surface area contributed by atoms with E-state index in [0.717, 1.165) is 57.2 Å². The van der Waals surface area contributed by atoms with Gasteiger partial charge in [0.15, 0.2) is 0 Å². The van der Waals surface area contributed by atoms with Crippen LogP contribution in [0.25, 0.3) is 0 Å².